The molecule has 0 bridgehead atoms. The second-order valence-electron chi connectivity index (χ2n) is 4.93. The third-order valence-corrected chi connectivity index (χ3v) is 3.09. The van der Waals surface area contributed by atoms with Crippen molar-refractivity contribution in [3.63, 3.8) is 0 Å². The van der Waals surface area contributed by atoms with Gasteiger partial charge in [-0.05, 0) is 45.4 Å². The van der Waals surface area contributed by atoms with Crippen LogP contribution in [0, 0.1) is 6.92 Å². The number of aryl methyl sites for hydroxylation is 1. The minimum Gasteiger partial charge on any atom is -0.377 e. The van der Waals surface area contributed by atoms with Crippen molar-refractivity contribution < 1.29 is 4.74 Å². The summed E-state index contributed by atoms with van der Waals surface area (Å²) in [6, 6.07) is 4.33. The normalized spacial score (nSPS) is 13.7. The van der Waals surface area contributed by atoms with Crippen LogP contribution in [0.25, 0.3) is 0 Å². The first kappa shape index (κ1) is 14.1. The number of pyridine rings is 1. The fraction of sp³-hybridized carbons (Fsp3) is 0.643. The molecule has 0 aliphatic carbocycles. The molecule has 1 atom stereocenters. The van der Waals surface area contributed by atoms with E-state index in [1.807, 2.05) is 19.2 Å². The number of nitrogens with zero attached hydrogens (tertiary/aromatic N) is 1. The Morgan fingerprint density at radius 2 is 2.12 bits per heavy atom. The zero-order valence-electron chi connectivity index (χ0n) is 11.6. The van der Waals surface area contributed by atoms with E-state index in [0.29, 0.717) is 0 Å². The Labute approximate surface area is 105 Å². The van der Waals surface area contributed by atoms with E-state index in [0.717, 1.165) is 18.7 Å². The highest BCUT2D eigenvalue weighted by atomic mass is 16.5. The van der Waals surface area contributed by atoms with Crippen LogP contribution in [0.5, 0.6) is 0 Å². The molecule has 1 unspecified atom stereocenters. The van der Waals surface area contributed by atoms with E-state index in [1.54, 1.807) is 7.11 Å². The smallest absolute Gasteiger partial charge is 0.0817 e. The molecule has 0 spiro atoms. The van der Waals surface area contributed by atoms with Gasteiger partial charge in [0.2, 0.25) is 0 Å². The number of aromatic nitrogens is 1. The molecule has 3 nitrogen and oxygen atoms in total. The lowest BCUT2D eigenvalue weighted by Gasteiger charge is -2.34. The Balaban J connectivity index is 2.93. The molecule has 0 aliphatic heterocycles. The van der Waals surface area contributed by atoms with Crippen LogP contribution in [-0.4, -0.2) is 24.2 Å². The molecule has 0 saturated heterocycles. The maximum Gasteiger partial charge on any atom is 0.0817 e. The lowest BCUT2D eigenvalue weighted by Crippen LogP contribution is -2.41. The van der Waals surface area contributed by atoms with Crippen LogP contribution in [0.3, 0.4) is 0 Å². The molecule has 0 aliphatic rings. The summed E-state index contributed by atoms with van der Waals surface area (Å²) in [6.45, 7) is 9.34. The van der Waals surface area contributed by atoms with Crippen molar-refractivity contribution in [3.05, 3.63) is 29.6 Å². The van der Waals surface area contributed by atoms with E-state index in [2.05, 4.69) is 37.1 Å². The number of methoxy groups -OCH3 is 1. The topological polar surface area (TPSA) is 34.2 Å². The Hall–Kier alpha value is -0.930. The summed E-state index contributed by atoms with van der Waals surface area (Å²) in [5, 5.41) is 3.53. The van der Waals surface area contributed by atoms with E-state index in [-0.39, 0.29) is 11.6 Å². The molecule has 1 aromatic heterocycles. The van der Waals surface area contributed by atoms with Gasteiger partial charge in [-0.3, -0.25) is 4.98 Å². The van der Waals surface area contributed by atoms with Crippen molar-refractivity contribution in [1.29, 1.82) is 0 Å². The predicted octanol–water partition coefficient (Wildman–Crippen LogP) is 2.86. The molecule has 0 fully saturated rings. The maximum atomic E-state index is 5.59. The van der Waals surface area contributed by atoms with E-state index in [1.165, 1.54) is 5.56 Å². The SMILES string of the molecule is CCCNC(c1ccc(C)nc1)C(C)(C)OC. The van der Waals surface area contributed by atoms with Gasteiger partial charge in [0, 0.05) is 19.0 Å². The molecule has 96 valence electrons. The highest BCUT2D eigenvalue weighted by Gasteiger charge is 2.30. The Morgan fingerprint density at radius 3 is 2.59 bits per heavy atom. The zero-order valence-corrected chi connectivity index (χ0v) is 11.6. The standard InChI is InChI=1S/C14H24N2O/c1-6-9-15-13(14(3,4)17-5)12-8-7-11(2)16-10-12/h7-8,10,13,15H,6,9H2,1-5H3. The Kier molecular flexibility index (Phi) is 5.09. The first-order chi connectivity index (χ1) is 8.01. The van der Waals surface area contributed by atoms with Gasteiger partial charge in [0.25, 0.3) is 0 Å². The molecule has 1 aromatic rings. The van der Waals surface area contributed by atoms with Gasteiger partial charge in [0.1, 0.15) is 0 Å². The van der Waals surface area contributed by atoms with Crippen LogP contribution in [0.1, 0.15) is 44.5 Å². The predicted molar refractivity (Wildman–Crippen MR) is 71.1 cm³/mol. The van der Waals surface area contributed by atoms with Crippen molar-refractivity contribution in [2.75, 3.05) is 13.7 Å². The average Bonchev–Trinajstić information content (AvgIpc) is 2.31. The molecule has 17 heavy (non-hydrogen) atoms. The summed E-state index contributed by atoms with van der Waals surface area (Å²) in [5.41, 5.74) is 1.97. The van der Waals surface area contributed by atoms with Crippen LogP contribution < -0.4 is 5.32 Å². The molecule has 0 radical (unpaired) electrons. The lowest BCUT2D eigenvalue weighted by atomic mass is 9.92. The van der Waals surface area contributed by atoms with Crippen LogP contribution in [0.15, 0.2) is 18.3 Å². The van der Waals surface area contributed by atoms with Crippen molar-refractivity contribution in [3.8, 4) is 0 Å². The summed E-state index contributed by atoms with van der Waals surface area (Å²) in [6.07, 6.45) is 3.04. The van der Waals surface area contributed by atoms with Gasteiger partial charge >= 0.3 is 0 Å². The van der Waals surface area contributed by atoms with Crippen LogP contribution in [0.2, 0.25) is 0 Å². The zero-order chi connectivity index (χ0) is 12.9. The third kappa shape index (κ3) is 3.79. The van der Waals surface area contributed by atoms with E-state index in [9.17, 15) is 0 Å². The second-order valence-corrected chi connectivity index (χ2v) is 4.93. The van der Waals surface area contributed by atoms with Crippen molar-refractivity contribution in [1.82, 2.24) is 10.3 Å². The van der Waals surface area contributed by atoms with Crippen LogP contribution in [-0.2, 0) is 4.74 Å². The molecule has 1 N–H and O–H groups in total. The Morgan fingerprint density at radius 1 is 1.41 bits per heavy atom. The number of hydrogen-bond donors (Lipinski definition) is 1. The lowest BCUT2D eigenvalue weighted by molar-refractivity contribution is -0.0111. The molecule has 0 amide bonds. The highest BCUT2D eigenvalue weighted by Crippen LogP contribution is 2.27. The summed E-state index contributed by atoms with van der Waals surface area (Å²) >= 11 is 0. The maximum absolute atomic E-state index is 5.59. The summed E-state index contributed by atoms with van der Waals surface area (Å²) in [7, 11) is 1.75. The average molecular weight is 236 g/mol. The summed E-state index contributed by atoms with van der Waals surface area (Å²) < 4.78 is 5.59. The molecule has 1 rings (SSSR count). The van der Waals surface area contributed by atoms with Gasteiger partial charge in [0.05, 0.1) is 11.6 Å². The second kappa shape index (κ2) is 6.12. The van der Waals surface area contributed by atoms with Crippen molar-refractivity contribution in [2.45, 2.75) is 45.8 Å². The quantitative estimate of drug-likeness (QED) is 0.824. The van der Waals surface area contributed by atoms with Gasteiger partial charge in [-0.15, -0.1) is 0 Å². The number of rotatable bonds is 6. The first-order valence-electron chi connectivity index (χ1n) is 6.22. The number of nitrogens with one attached hydrogen (secondary N) is 1. The van der Waals surface area contributed by atoms with E-state index in [4.69, 9.17) is 4.74 Å². The van der Waals surface area contributed by atoms with Crippen molar-refractivity contribution >= 4 is 0 Å². The summed E-state index contributed by atoms with van der Waals surface area (Å²) in [5.74, 6) is 0. The van der Waals surface area contributed by atoms with Crippen molar-refractivity contribution in [2.24, 2.45) is 0 Å². The molecule has 1 heterocycles. The van der Waals surface area contributed by atoms with E-state index < -0.39 is 0 Å². The largest absolute Gasteiger partial charge is 0.377 e. The molecule has 0 saturated carbocycles. The third-order valence-electron chi connectivity index (χ3n) is 3.09. The number of hydrogen-bond acceptors (Lipinski definition) is 3. The summed E-state index contributed by atoms with van der Waals surface area (Å²) in [4.78, 5) is 4.36. The molecule has 0 aromatic carbocycles. The molecule has 3 heteroatoms. The van der Waals surface area contributed by atoms with Gasteiger partial charge < -0.3 is 10.1 Å². The Bertz CT molecular complexity index is 333. The van der Waals surface area contributed by atoms with Crippen LogP contribution >= 0.6 is 0 Å². The van der Waals surface area contributed by atoms with Gasteiger partial charge in [-0.1, -0.05) is 13.0 Å². The number of ether oxygens (including phenoxy) is 1. The van der Waals surface area contributed by atoms with Gasteiger partial charge in [-0.25, -0.2) is 0 Å². The minimum absolute atomic E-state index is 0.167. The highest BCUT2D eigenvalue weighted by molar-refractivity contribution is 5.20. The fourth-order valence-electron chi connectivity index (χ4n) is 1.82. The van der Waals surface area contributed by atoms with Crippen LogP contribution in [0.4, 0.5) is 0 Å². The molecular formula is C14H24N2O. The monoisotopic (exact) mass is 236 g/mol. The van der Waals surface area contributed by atoms with E-state index >= 15 is 0 Å². The first-order valence-corrected chi connectivity index (χ1v) is 6.22. The minimum atomic E-state index is -0.244. The molecular weight excluding hydrogens is 212 g/mol. The fourth-order valence-corrected chi connectivity index (χ4v) is 1.82. The van der Waals surface area contributed by atoms with Gasteiger partial charge in [0.15, 0.2) is 0 Å². The van der Waals surface area contributed by atoms with Gasteiger partial charge in [-0.2, -0.15) is 0 Å².